The molecule has 2 aromatic rings. The first-order chi connectivity index (χ1) is 10.2. The van der Waals surface area contributed by atoms with Crippen LogP contribution in [0.4, 0.5) is 4.39 Å². The average Bonchev–Trinajstić information content (AvgIpc) is 2.79. The van der Waals surface area contributed by atoms with Crippen molar-refractivity contribution in [2.24, 2.45) is 0 Å². The Morgan fingerprint density at radius 1 is 1.32 bits per heavy atom. The molecule has 1 atom stereocenters. The summed E-state index contributed by atoms with van der Waals surface area (Å²) >= 11 is 0. The number of nitrogens with zero attached hydrogens (tertiary/aromatic N) is 2. The molecule has 1 aromatic heterocycles. The molecule has 0 fully saturated rings. The third-order valence-electron chi connectivity index (χ3n) is 3.32. The molecular formula is C14H17FN2O4S. The third-order valence-corrected chi connectivity index (χ3v) is 5.39. The second kappa shape index (κ2) is 6.15. The molecule has 6 nitrogen and oxygen atoms in total. The highest BCUT2D eigenvalue weighted by Crippen LogP contribution is 2.24. The highest BCUT2D eigenvalue weighted by molar-refractivity contribution is 7.89. The lowest BCUT2D eigenvalue weighted by Gasteiger charge is -2.20. The molecule has 0 aliphatic rings. The van der Waals surface area contributed by atoms with E-state index in [1.165, 1.54) is 45.2 Å². The van der Waals surface area contributed by atoms with Crippen molar-refractivity contribution in [1.82, 2.24) is 9.46 Å². The summed E-state index contributed by atoms with van der Waals surface area (Å²) in [5.41, 5.74) is 0.697. The number of aromatic nitrogens is 1. The van der Waals surface area contributed by atoms with Crippen molar-refractivity contribution in [1.29, 1.82) is 0 Å². The molecule has 1 unspecified atom stereocenters. The SMILES string of the molecule is Cc1noc(C)c1S(=O)(=O)N(C)CC(O)c1ccc(F)cc1. The normalized spacial score (nSPS) is 13.5. The van der Waals surface area contributed by atoms with Gasteiger partial charge in [0.25, 0.3) is 0 Å². The van der Waals surface area contributed by atoms with Gasteiger partial charge in [-0.3, -0.25) is 0 Å². The van der Waals surface area contributed by atoms with Crippen molar-refractivity contribution in [2.75, 3.05) is 13.6 Å². The summed E-state index contributed by atoms with van der Waals surface area (Å²) in [6.07, 6.45) is -1.07. The molecule has 1 heterocycles. The Morgan fingerprint density at radius 2 is 1.91 bits per heavy atom. The number of likely N-dealkylation sites (N-methyl/N-ethyl adjacent to an activating group) is 1. The fourth-order valence-corrected chi connectivity index (χ4v) is 3.59. The van der Waals surface area contributed by atoms with Crippen LogP contribution in [0.3, 0.4) is 0 Å². The quantitative estimate of drug-likeness (QED) is 0.904. The highest BCUT2D eigenvalue weighted by Gasteiger charge is 2.29. The summed E-state index contributed by atoms with van der Waals surface area (Å²) in [6, 6.07) is 5.25. The predicted molar refractivity (Wildman–Crippen MR) is 77.2 cm³/mol. The van der Waals surface area contributed by atoms with E-state index in [0.29, 0.717) is 5.56 Å². The summed E-state index contributed by atoms with van der Waals surface area (Å²) in [4.78, 5) is 0.00121. The van der Waals surface area contributed by atoms with E-state index in [-0.39, 0.29) is 22.9 Å². The first kappa shape index (κ1) is 16.6. The Hall–Kier alpha value is -1.77. The van der Waals surface area contributed by atoms with Gasteiger partial charge in [0.2, 0.25) is 10.0 Å². The van der Waals surface area contributed by atoms with E-state index < -0.39 is 21.9 Å². The molecule has 1 aromatic carbocycles. The highest BCUT2D eigenvalue weighted by atomic mass is 32.2. The number of aliphatic hydroxyl groups excluding tert-OH is 1. The smallest absolute Gasteiger partial charge is 0.248 e. The van der Waals surface area contributed by atoms with Gasteiger partial charge in [-0.15, -0.1) is 0 Å². The molecule has 0 saturated heterocycles. The summed E-state index contributed by atoms with van der Waals surface area (Å²) in [7, 11) is -2.47. The molecule has 0 aliphatic heterocycles. The lowest BCUT2D eigenvalue weighted by molar-refractivity contribution is 0.155. The number of aliphatic hydroxyl groups is 1. The molecule has 0 amide bonds. The second-order valence-electron chi connectivity index (χ2n) is 5.01. The van der Waals surface area contributed by atoms with Crippen LogP contribution in [-0.2, 0) is 10.0 Å². The van der Waals surface area contributed by atoms with Gasteiger partial charge in [-0.1, -0.05) is 17.3 Å². The Labute approximate surface area is 128 Å². The Kier molecular flexibility index (Phi) is 4.64. The van der Waals surface area contributed by atoms with Gasteiger partial charge in [0.15, 0.2) is 5.76 Å². The van der Waals surface area contributed by atoms with E-state index in [0.717, 1.165) is 4.31 Å². The molecule has 0 spiro atoms. The van der Waals surface area contributed by atoms with Crippen LogP contribution in [0.5, 0.6) is 0 Å². The van der Waals surface area contributed by atoms with Crippen LogP contribution in [0.15, 0.2) is 33.7 Å². The molecule has 2 rings (SSSR count). The van der Waals surface area contributed by atoms with E-state index >= 15 is 0 Å². The zero-order chi connectivity index (χ0) is 16.5. The van der Waals surface area contributed by atoms with E-state index in [2.05, 4.69) is 5.16 Å². The average molecular weight is 328 g/mol. The van der Waals surface area contributed by atoms with Gasteiger partial charge in [0, 0.05) is 13.6 Å². The number of benzene rings is 1. The lowest BCUT2D eigenvalue weighted by atomic mass is 10.1. The summed E-state index contributed by atoms with van der Waals surface area (Å²) in [5.74, 6) is -0.228. The fraction of sp³-hybridized carbons (Fsp3) is 0.357. The van der Waals surface area contributed by atoms with Gasteiger partial charge < -0.3 is 9.63 Å². The van der Waals surface area contributed by atoms with Gasteiger partial charge >= 0.3 is 0 Å². The fourth-order valence-electron chi connectivity index (χ4n) is 2.13. The third kappa shape index (κ3) is 3.18. The largest absolute Gasteiger partial charge is 0.387 e. The van der Waals surface area contributed by atoms with E-state index in [1.54, 1.807) is 0 Å². The van der Waals surface area contributed by atoms with Gasteiger partial charge in [-0.05, 0) is 31.5 Å². The summed E-state index contributed by atoms with van der Waals surface area (Å²) < 4.78 is 43.8. The molecule has 120 valence electrons. The maximum atomic E-state index is 12.9. The molecule has 0 bridgehead atoms. The number of sulfonamides is 1. The number of aryl methyl sites for hydroxylation is 2. The first-order valence-corrected chi connectivity index (χ1v) is 8.00. The van der Waals surface area contributed by atoms with E-state index in [4.69, 9.17) is 4.52 Å². The van der Waals surface area contributed by atoms with Crippen LogP contribution < -0.4 is 0 Å². The van der Waals surface area contributed by atoms with Crippen molar-refractivity contribution in [3.05, 3.63) is 47.1 Å². The van der Waals surface area contributed by atoms with Gasteiger partial charge in [-0.2, -0.15) is 4.31 Å². The van der Waals surface area contributed by atoms with E-state index in [9.17, 15) is 17.9 Å². The molecule has 0 radical (unpaired) electrons. The zero-order valence-electron chi connectivity index (χ0n) is 12.4. The topological polar surface area (TPSA) is 83.6 Å². The molecule has 0 saturated carbocycles. The second-order valence-corrected chi connectivity index (χ2v) is 6.99. The Morgan fingerprint density at radius 3 is 2.41 bits per heavy atom. The van der Waals surface area contributed by atoms with Crippen LogP contribution in [0.2, 0.25) is 0 Å². The van der Waals surface area contributed by atoms with Crippen LogP contribution in [0.1, 0.15) is 23.1 Å². The molecule has 1 N–H and O–H groups in total. The van der Waals surface area contributed by atoms with Crippen molar-refractivity contribution >= 4 is 10.0 Å². The van der Waals surface area contributed by atoms with Crippen LogP contribution in [-0.4, -0.2) is 36.6 Å². The first-order valence-electron chi connectivity index (χ1n) is 6.56. The van der Waals surface area contributed by atoms with Gasteiger partial charge in [-0.25, -0.2) is 12.8 Å². The number of rotatable bonds is 5. The molecule has 0 aliphatic carbocycles. The molecule has 8 heteroatoms. The van der Waals surface area contributed by atoms with Crippen LogP contribution in [0, 0.1) is 19.7 Å². The minimum Gasteiger partial charge on any atom is -0.387 e. The van der Waals surface area contributed by atoms with Gasteiger partial charge in [0.05, 0.1) is 6.10 Å². The van der Waals surface area contributed by atoms with E-state index in [1.807, 2.05) is 0 Å². The predicted octanol–water partition coefficient (Wildman–Crippen LogP) is 1.78. The van der Waals surface area contributed by atoms with Crippen molar-refractivity contribution in [3.8, 4) is 0 Å². The van der Waals surface area contributed by atoms with Crippen LogP contribution in [0.25, 0.3) is 0 Å². The number of halogens is 1. The number of hydrogen-bond acceptors (Lipinski definition) is 5. The maximum Gasteiger partial charge on any atom is 0.248 e. The standard InChI is InChI=1S/C14H17FN2O4S/c1-9-14(10(2)21-16-9)22(19,20)17(3)8-13(18)11-4-6-12(15)7-5-11/h4-7,13,18H,8H2,1-3H3. The van der Waals surface area contributed by atoms with Crippen molar-refractivity contribution < 1.29 is 22.4 Å². The Balaban J connectivity index is 2.21. The minimum atomic E-state index is -3.83. The summed E-state index contributed by atoms with van der Waals surface area (Å²) in [6.45, 7) is 2.88. The summed E-state index contributed by atoms with van der Waals surface area (Å²) in [5, 5.41) is 13.7. The monoisotopic (exact) mass is 328 g/mol. The maximum absolute atomic E-state index is 12.9. The lowest BCUT2D eigenvalue weighted by Crippen LogP contribution is -2.31. The van der Waals surface area contributed by atoms with Crippen molar-refractivity contribution in [3.63, 3.8) is 0 Å². The molecule has 22 heavy (non-hydrogen) atoms. The molecular weight excluding hydrogens is 311 g/mol. The van der Waals surface area contributed by atoms with Crippen molar-refractivity contribution in [2.45, 2.75) is 24.8 Å². The zero-order valence-corrected chi connectivity index (χ0v) is 13.3. The minimum absolute atomic E-state index is 0.00121. The van der Waals surface area contributed by atoms with Gasteiger partial charge in [0.1, 0.15) is 16.4 Å². The van der Waals surface area contributed by atoms with Crippen LogP contribution >= 0.6 is 0 Å². The Bertz CT molecular complexity index is 736. The number of hydrogen-bond donors (Lipinski definition) is 1.